The quantitative estimate of drug-likeness (QED) is 0.261. The molecule has 2 N–H and O–H groups in total. The SMILES string of the molecule is CN1C(=O)N(C)C(=O)C2(Cc3cc(C=C4C(=O)NC(=S)NC4=O)ccc3N3CCC[C@H]32)C1=O. The van der Waals surface area contributed by atoms with Gasteiger partial charge in [0.2, 0.25) is 11.8 Å². The fourth-order valence-electron chi connectivity index (χ4n) is 5.40. The number of anilines is 1. The van der Waals surface area contributed by atoms with Gasteiger partial charge in [0, 0.05) is 26.3 Å². The molecule has 6 amide bonds. The van der Waals surface area contributed by atoms with E-state index in [4.69, 9.17) is 12.2 Å². The minimum atomic E-state index is -1.40. The molecule has 0 saturated carbocycles. The maximum atomic E-state index is 13.4. The van der Waals surface area contributed by atoms with Gasteiger partial charge in [-0.3, -0.25) is 39.6 Å². The summed E-state index contributed by atoms with van der Waals surface area (Å²) in [5.41, 5.74) is 0.726. The highest BCUT2D eigenvalue weighted by Crippen LogP contribution is 2.49. The van der Waals surface area contributed by atoms with Gasteiger partial charge in [0.05, 0.1) is 6.04 Å². The fraction of sp³-hybridized carbons (Fsp3) is 0.364. The molecule has 1 aromatic rings. The molecule has 3 saturated heterocycles. The van der Waals surface area contributed by atoms with Crippen molar-refractivity contribution in [3.8, 4) is 0 Å². The molecule has 170 valence electrons. The van der Waals surface area contributed by atoms with Crippen molar-refractivity contribution in [2.24, 2.45) is 5.41 Å². The lowest BCUT2D eigenvalue weighted by atomic mass is 9.68. The van der Waals surface area contributed by atoms with Gasteiger partial charge in [0.25, 0.3) is 11.8 Å². The van der Waals surface area contributed by atoms with E-state index in [-0.39, 0.29) is 23.1 Å². The van der Waals surface area contributed by atoms with E-state index < -0.39 is 35.1 Å². The summed E-state index contributed by atoms with van der Waals surface area (Å²) >= 11 is 4.83. The molecule has 1 aromatic carbocycles. The smallest absolute Gasteiger partial charge is 0.332 e. The zero-order valence-corrected chi connectivity index (χ0v) is 18.8. The molecule has 1 spiro atoms. The van der Waals surface area contributed by atoms with E-state index in [0.29, 0.717) is 18.5 Å². The number of hydrogen-bond donors (Lipinski definition) is 2. The zero-order chi connectivity index (χ0) is 23.7. The first-order valence-electron chi connectivity index (χ1n) is 10.5. The van der Waals surface area contributed by atoms with Gasteiger partial charge in [-0.05, 0) is 60.8 Å². The Kier molecular flexibility index (Phi) is 4.64. The van der Waals surface area contributed by atoms with Gasteiger partial charge in [-0.15, -0.1) is 0 Å². The summed E-state index contributed by atoms with van der Waals surface area (Å²) < 4.78 is 0. The van der Waals surface area contributed by atoms with Crippen molar-refractivity contribution in [1.82, 2.24) is 20.4 Å². The maximum absolute atomic E-state index is 13.4. The topological polar surface area (TPSA) is 119 Å². The van der Waals surface area contributed by atoms with Gasteiger partial charge in [-0.2, -0.15) is 0 Å². The molecule has 1 atom stereocenters. The number of benzene rings is 1. The zero-order valence-electron chi connectivity index (χ0n) is 18.0. The highest BCUT2D eigenvalue weighted by molar-refractivity contribution is 7.80. The van der Waals surface area contributed by atoms with Crippen molar-refractivity contribution < 1.29 is 24.0 Å². The highest BCUT2D eigenvalue weighted by atomic mass is 32.1. The number of nitrogens with one attached hydrogen (secondary N) is 2. The van der Waals surface area contributed by atoms with Crippen molar-refractivity contribution in [1.29, 1.82) is 0 Å². The van der Waals surface area contributed by atoms with Crippen LogP contribution in [-0.4, -0.2) is 71.3 Å². The largest absolute Gasteiger partial charge is 0.367 e. The van der Waals surface area contributed by atoms with Gasteiger partial charge >= 0.3 is 6.03 Å². The van der Waals surface area contributed by atoms with Crippen LogP contribution >= 0.6 is 12.2 Å². The predicted molar refractivity (Wildman–Crippen MR) is 121 cm³/mol. The number of carbonyl (C=O) groups is 5. The Morgan fingerprint density at radius 3 is 2.30 bits per heavy atom. The summed E-state index contributed by atoms with van der Waals surface area (Å²) in [4.78, 5) is 67.8. The molecule has 0 bridgehead atoms. The number of rotatable bonds is 1. The Morgan fingerprint density at radius 1 is 1.03 bits per heavy atom. The average Bonchev–Trinajstić information content (AvgIpc) is 3.28. The first-order chi connectivity index (χ1) is 15.6. The summed E-state index contributed by atoms with van der Waals surface area (Å²) in [7, 11) is 2.80. The number of carbonyl (C=O) groups excluding carboxylic acids is 5. The number of urea groups is 1. The van der Waals surface area contributed by atoms with Gasteiger partial charge < -0.3 is 4.90 Å². The van der Waals surface area contributed by atoms with E-state index in [1.807, 2.05) is 6.07 Å². The molecule has 4 aliphatic heterocycles. The Labute approximate surface area is 194 Å². The summed E-state index contributed by atoms with van der Waals surface area (Å²) in [6.45, 7) is 0.685. The Bertz CT molecular complexity index is 1160. The highest BCUT2D eigenvalue weighted by Gasteiger charge is 2.63. The first-order valence-corrected chi connectivity index (χ1v) is 10.9. The van der Waals surface area contributed by atoms with Crippen LogP contribution in [0.15, 0.2) is 23.8 Å². The molecule has 3 fully saturated rings. The van der Waals surface area contributed by atoms with E-state index in [0.717, 1.165) is 27.5 Å². The van der Waals surface area contributed by atoms with Crippen LogP contribution in [-0.2, 0) is 25.6 Å². The van der Waals surface area contributed by atoms with Crippen LogP contribution in [0.25, 0.3) is 6.08 Å². The normalized spacial score (nSPS) is 24.1. The molecule has 0 radical (unpaired) electrons. The molecular formula is C22H21N5O5S. The van der Waals surface area contributed by atoms with Crippen molar-refractivity contribution >= 4 is 58.8 Å². The number of thiocarbonyl (C=S) groups is 1. The van der Waals surface area contributed by atoms with Gasteiger partial charge in [0.1, 0.15) is 5.57 Å². The number of barbiturate groups is 1. The molecule has 4 aliphatic rings. The van der Waals surface area contributed by atoms with Crippen LogP contribution < -0.4 is 15.5 Å². The molecule has 0 unspecified atom stereocenters. The molecular weight excluding hydrogens is 446 g/mol. The molecule has 0 aromatic heterocycles. The van der Waals surface area contributed by atoms with E-state index in [1.54, 1.807) is 12.1 Å². The van der Waals surface area contributed by atoms with Gasteiger partial charge in [0.15, 0.2) is 10.5 Å². The van der Waals surface area contributed by atoms with E-state index in [9.17, 15) is 24.0 Å². The van der Waals surface area contributed by atoms with Crippen LogP contribution in [0.3, 0.4) is 0 Å². The lowest BCUT2D eigenvalue weighted by molar-refractivity contribution is -0.159. The second-order valence-electron chi connectivity index (χ2n) is 8.69. The molecule has 10 nitrogen and oxygen atoms in total. The molecule has 4 heterocycles. The predicted octanol–water partition coefficient (Wildman–Crippen LogP) is 0.163. The van der Waals surface area contributed by atoms with E-state index >= 15 is 0 Å². The van der Waals surface area contributed by atoms with E-state index in [2.05, 4.69) is 15.5 Å². The number of amides is 6. The number of imide groups is 2. The van der Waals surface area contributed by atoms with Crippen LogP contribution in [0.5, 0.6) is 0 Å². The fourth-order valence-corrected chi connectivity index (χ4v) is 5.59. The number of nitrogens with zero attached hydrogens (tertiary/aromatic N) is 3. The van der Waals surface area contributed by atoms with Crippen molar-refractivity contribution in [2.75, 3.05) is 25.5 Å². The Balaban J connectivity index is 1.60. The monoisotopic (exact) mass is 467 g/mol. The first kappa shape index (κ1) is 21.3. The van der Waals surface area contributed by atoms with Crippen LogP contribution in [0, 0.1) is 5.41 Å². The van der Waals surface area contributed by atoms with Crippen molar-refractivity contribution in [3.63, 3.8) is 0 Å². The van der Waals surface area contributed by atoms with Crippen LogP contribution in [0.4, 0.5) is 10.5 Å². The van der Waals surface area contributed by atoms with Crippen LogP contribution in [0.2, 0.25) is 0 Å². The average molecular weight is 468 g/mol. The standard InChI is InChI=1S/C22H21N5O5S/c1-25-18(30)22(19(31)26(2)21(25)32)10-12-8-11(5-6-14(12)27-7-3-4-15(22)27)9-13-16(28)23-20(33)24-17(13)29/h5-6,8-9,15H,3-4,7,10H2,1-2H3,(H2,23,24,28,29,33)/t15-/m0/s1. The van der Waals surface area contributed by atoms with E-state index in [1.165, 1.54) is 20.2 Å². The third-order valence-electron chi connectivity index (χ3n) is 6.90. The third kappa shape index (κ3) is 2.92. The van der Waals surface area contributed by atoms with Crippen LogP contribution in [0.1, 0.15) is 24.0 Å². The van der Waals surface area contributed by atoms with Crippen molar-refractivity contribution in [3.05, 3.63) is 34.9 Å². The molecule has 11 heteroatoms. The van der Waals surface area contributed by atoms with Gasteiger partial charge in [-0.1, -0.05) is 6.07 Å². The summed E-state index contributed by atoms with van der Waals surface area (Å²) in [5.74, 6) is -2.20. The second kappa shape index (κ2) is 7.20. The Morgan fingerprint density at radius 2 is 1.67 bits per heavy atom. The minimum absolute atomic E-state index is 0.0493. The molecule has 0 aliphatic carbocycles. The third-order valence-corrected chi connectivity index (χ3v) is 7.11. The van der Waals surface area contributed by atoms with Crippen molar-refractivity contribution in [2.45, 2.75) is 25.3 Å². The summed E-state index contributed by atoms with van der Waals surface area (Å²) in [5, 5.41) is 4.74. The second-order valence-corrected chi connectivity index (χ2v) is 9.10. The summed E-state index contributed by atoms with van der Waals surface area (Å²) in [6, 6.07) is 4.47. The van der Waals surface area contributed by atoms with Gasteiger partial charge in [-0.25, -0.2) is 4.79 Å². The number of fused-ring (bicyclic) bond motifs is 4. The molecule has 33 heavy (non-hydrogen) atoms. The Hall–Kier alpha value is -3.60. The minimum Gasteiger partial charge on any atom is -0.367 e. The number of hydrogen-bond acceptors (Lipinski definition) is 7. The summed E-state index contributed by atoms with van der Waals surface area (Å²) in [6.07, 6.45) is 3.06. The lowest BCUT2D eigenvalue weighted by Crippen LogP contribution is -2.70. The molecule has 5 rings (SSSR count). The lowest BCUT2D eigenvalue weighted by Gasteiger charge is -2.50. The maximum Gasteiger partial charge on any atom is 0.332 e.